The van der Waals surface area contributed by atoms with E-state index in [-0.39, 0.29) is 31.1 Å². The van der Waals surface area contributed by atoms with Crippen molar-refractivity contribution in [3.05, 3.63) is 170 Å². The highest BCUT2D eigenvalue weighted by Crippen LogP contribution is 2.14. The van der Waals surface area contributed by atoms with Gasteiger partial charge in [0.2, 0.25) is 0 Å². The van der Waals surface area contributed by atoms with E-state index >= 15 is 0 Å². The topological polar surface area (TPSA) is 78.9 Å². The molecule has 0 amide bonds. The van der Waals surface area contributed by atoms with Gasteiger partial charge >= 0.3 is 17.9 Å². The maximum Gasteiger partial charge on any atom is 0.306 e. The van der Waals surface area contributed by atoms with Gasteiger partial charge in [0.25, 0.3) is 0 Å². The van der Waals surface area contributed by atoms with Gasteiger partial charge in [-0.3, -0.25) is 14.4 Å². The van der Waals surface area contributed by atoms with Gasteiger partial charge in [-0.1, -0.05) is 262 Å². The third kappa shape index (κ3) is 65.5. The molecule has 0 aliphatic rings. The standard InChI is InChI=1S/C75H118O6/c1-4-7-10-13-16-19-22-25-27-29-31-32-33-34-35-36-37-38-39-40-41-42-44-45-47-50-53-56-59-62-65-68-74(77)80-71-72(70-79-73(76)67-64-61-58-55-52-49-24-21-18-15-12-9-6-3)81-75(78)69-66-63-60-57-54-51-48-46-43-30-28-26-23-20-17-14-11-8-5-2/h7,9-10,12,16-21,25-28,31-32,34-35,37-38,40-41,44-45,49-50,52-53,72H,4-6,8,11,13-15,22-24,29-30,33,36,39,42-43,46-48,51,54-71H2,1-3H3/b10-7-,12-9-,19-16-,20-17-,21-18-,27-25-,28-26-,32-31-,35-34-,38-37-,41-40-,45-44-,52-49-,53-50-. The highest BCUT2D eigenvalue weighted by molar-refractivity contribution is 5.71. The number of hydrogen-bond donors (Lipinski definition) is 0. The Bertz CT molecular complexity index is 1860. The Labute approximate surface area is 498 Å². The predicted molar refractivity (Wildman–Crippen MR) is 352 cm³/mol. The molecule has 6 nitrogen and oxygen atoms in total. The van der Waals surface area contributed by atoms with E-state index in [1.54, 1.807) is 0 Å². The summed E-state index contributed by atoms with van der Waals surface area (Å²) >= 11 is 0. The smallest absolute Gasteiger partial charge is 0.306 e. The highest BCUT2D eigenvalue weighted by Gasteiger charge is 2.19. The summed E-state index contributed by atoms with van der Waals surface area (Å²) in [5.41, 5.74) is 0. The molecule has 0 aliphatic carbocycles. The van der Waals surface area contributed by atoms with Crippen LogP contribution in [0.4, 0.5) is 0 Å². The fraction of sp³-hybridized carbons (Fsp3) is 0.587. The van der Waals surface area contributed by atoms with Crippen LogP contribution in [0.25, 0.3) is 0 Å². The normalized spacial score (nSPS) is 13.3. The molecular weight excluding hydrogens is 997 g/mol. The van der Waals surface area contributed by atoms with Gasteiger partial charge in [0, 0.05) is 19.3 Å². The molecule has 0 aromatic carbocycles. The zero-order chi connectivity index (χ0) is 58.5. The van der Waals surface area contributed by atoms with Crippen LogP contribution in [-0.4, -0.2) is 37.2 Å². The Kier molecular flexibility index (Phi) is 62.9. The highest BCUT2D eigenvalue weighted by atomic mass is 16.6. The quantitative estimate of drug-likeness (QED) is 0.0261. The van der Waals surface area contributed by atoms with E-state index in [9.17, 15) is 14.4 Å². The molecule has 0 rings (SSSR count). The van der Waals surface area contributed by atoms with Gasteiger partial charge in [-0.15, -0.1) is 0 Å². The van der Waals surface area contributed by atoms with Crippen LogP contribution in [0, 0.1) is 0 Å². The van der Waals surface area contributed by atoms with Crippen LogP contribution in [0.3, 0.4) is 0 Å². The SMILES string of the molecule is CC/C=C\C/C=C\C/C=C\C/C=C\C/C=C\C/C=C\C/C=C\C/C=C\C/C=C\CCCCCC(=O)OCC(COC(=O)CCCCC/C=C\C/C=C\C/C=C\CC)OC(=O)CCCCCCCCCCC/C=C\C/C=C\CCCCC. The van der Waals surface area contributed by atoms with E-state index in [1.807, 2.05) is 0 Å². The molecular formula is C75H118O6. The maximum atomic E-state index is 12.9. The summed E-state index contributed by atoms with van der Waals surface area (Å²) < 4.78 is 16.9. The first-order valence-electron chi connectivity index (χ1n) is 32.6. The van der Waals surface area contributed by atoms with E-state index in [0.29, 0.717) is 19.3 Å². The molecule has 0 bridgehead atoms. The van der Waals surface area contributed by atoms with Crippen LogP contribution < -0.4 is 0 Å². The van der Waals surface area contributed by atoms with Gasteiger partial charge < -0.3 is 14.2 Å². The fourth-order valence-electron chi connectivity index (χ4n) is 8.36. The van der Waals surface area contributed by atoms with Gasteiger partial charge in [-0.2, -0.15) is 0 Å². The monoisotopic (exact) mass is 1110 g/mol. The number of rotatable bonds is 57. The van der Waals surface area contributed by atoms with E-state index < -0.39 is 6.10 Å². The fourth-order valence-corrected chi connectivity index (χ4v) is 8.36. The molecule has 1 unspecified atom stereocenters. The molecule has 0 saturated carbocycles. The first-order valence-corrected chi connectivity index (χ1v) is 32.6. The van der Waals surface area contributed by atoms with Gasteiger partial charge in [0.1, 0.15) is 13.2 Å². The van der Waals surface area contributed by atoms with E-state index in [2.05, 4.69) is 191 Å². The Hall–Kier alpha value is -5.23. The molecule has 0 spiro atoms. The molecule has 0 aromatic heterocycles. The molecule has 0 saturated heterocycles. The Morgan fingerprint density at radius 1 is 0.259 bits per heavy atom. The number of hydrogen-bond acceptors (Lipinski definition) is 6. The van der Waals surface area contributed by atoms with Crippen molar-refractivity contribution in [2.45, 2.75) is 271 Å². The van der Waals surface area contributed by atoms with Gasteiger partial charge in [-0.25, -0.2) is 0 Å². The molecule has 1 atom stereocenters. The average Bonchev–Trinajstić information content (AvgIpc) is 3.46. The summed E-state index contributed by atoms with van der Waals surface area (Å²) in [7, 11) is 0. The summed E-state index contributed by atoms with van der Waals surface area (Å²) in [5.74, 6) is -0.981. The van der Waals surface area contributed by atoms with Crippen LogP contribution in [0.5, 0.6) is 0 Å². The second-order valence-corrected chi connectivity index (χ2v) is 20.9. The van der Waals surface area contributed by atoms with Gasteiger partial charge in [0.05, 0.1) is 0 Å². The maximum absolute atomic E-state index is 12.9. The second-order valence-electron chi connectivity index (χ2n) is 20.9. The minimum absolute atomic E-state index is 0.113. The first-order chi connectivity index (χ1) is 40.0. The summed E-state index contributed by atoms with van der Waals surface area (Å²) in [6.07, 6.45) is 99.3. The van der Waals surface area contributed by atoms with Crippen LogP contribution in [-0.2, 0) is 28.6 Å². The zero-order valence-corrected chi connectivity index (χ0v) is 52.0. The number of allylic oxidation sites excluding steroid dienone is 28. The molecule has 0 aromatic rings. The van der Waals surface area contributed by atoms with Crippen molar-refractivity contribution >= 4 is 17.9 Å². The molecule has 0 radical (unpaired) electrons. The zero-order valence-electron chi connectivity index (χ0n) is 52.0. The molecule has 0 fully saturated rings. The molecule has 0 aliphatic heterocycles. The lowest BCUT2D eigenvalue weighted by atomic mass is 10.1. The van der Waals surface area contributed by atoms with Gasteiger partial charge in [0.15, 0.2) is 6.10 Å². The molecule has 454 valence electrons. The number of carbonyl (C=O) groups excluding carboxylic acids is 3. The van der Waals surface area contributed by atoms with E-state index in [0.717, 1.165) is 154 Å². The summed E-state index contributed by atoms with van der Waals surface area (Å²) in [6, 6.07) is 0. The third-order valence-corrected chi connectivity index (χ3v) is 13.2. The largest absolute Gasteiger partial charge is 0.462 e. The first kappa shape index (κ1) is 75.8. The summed E-state index contributed by atoms with van der Waals surface area (Å²) in [5, 5.41) is 0. The number of carbonyl (C=O) groups is 3. The Morgan fingerprint density at radius 3 is 0.765 bits per heavy atom. The van der Waals surface area contributed by atoms with Crippen LogP contribution in [0.15, 0.2) is 170 Å². The van der Waals surface area contributed by atoms with Crippen molar-refractivity contribution in [1.82, 2.24) is 0 Å². The molecule has 0 heterocycles. The van der Waals surface area contributed by atoms with Crippen molar-refractivity contribution in [3.8, 4) is 0 Å². The number of esters is 3. The van der Waals surface area contributed by atoms with Crippen molar-refractivity contribution in [2.24, 2.45) is 0 Å². The van der Waals surface area contributed by atoms with Crippen molar-refractivity contribution in [1.29, 1.82) is 0 Å². The van der Waals surface area contributed by atoms with Crippen LogP contribution >= 0.6 is 0 Å². The predicted octanol–water partition coefficient (Wildman–Crippen LogP) is 22.7. The molecule has 81 heavy (non-hydrogen) atoms. The number of unbranched alkanes of at least 4 members (excludes halogenated alkanes) is 18. The minimum atomic E-state index is -0.816. The third-order valence-electron chi connectivity index (χ3n) is 13.2. The minimum Gasteiger partial charge on any atom is -0.462 e. The second kappa shape index (κ2) is 67.3. The Balaban J connectivity index is 4.43. The van der Waals surface area contributed by atoms with E-state index in [1.165, 1.54) is 70.6 Å². The lowest BCUT2D eigenvalue weighted by molar-refractivity contribution is -0.167. The Morgan fingerprint density at radius 2 is 0.481 bits per heavy atom. The number of ether oxygens (including phenoxy) is 3. The molecule has 6 heteroatoms. The van der Waals surface area contributed by atoms with Crippen molar-refractivity contribution < 1.29 is 28.6 Å². The lowest BCUT2D eigenvalue weighted by Gasteiger charge is -2.18. The van der Waals surface area contributed by atoms with Crippen LogP contribution in [0.1, 0.15) is 265 Å². The van der Waals surface area contributed by atoms with E-state index in [4.69, 9.17) is 14.2 Å². The van der Waals surface area contributed by atoms with Crippen molar-refractivity contribution in [2.75, 3.05) is 13.2 Å². The summed E-state index contributed by atoms with van der Waals surface area (Å²) in [4.78, 5) is 38.3. The lowest BCUT2D eigenvalue weighted by Crippen LogP contribution is -2.30. The van der Waals surface area contributed by atoms with Gasteiger partial charge in [-0.05, 0) is 154 Å². The van der Waals surface area contributed by atoms with Crippen molar-refractivity contribution in [3.63, 3.8) is 0 Å². The summed E-state index contributed by atoms with van der Waals surface area (Å²) in [6.45, 7) is 6.32. The average molecular weight is 1120 g/mol. The van der Waals surface area contributed by atoms with Crippen LogP contribution in [0.2, 0.25) is 0 Å². The molecule has 0 N–H and O–H groups in total.